The Balaban J connectivity index is 1.85. The van der Waals surface area contributed by atoms with E-state index in [2.05, 4.69) is 5.32 Å². The zero-order valence-corrected chi connectivity index (χ0v) is 12.3. The van der Waals surface area contributed by atoms with Gasteiger partial charge in [0.05, 0.1) is 5.69 Å². The number of fused-ring (bicyclic) bond motifs is 2. The maximum absolute atomic E-state index is 12.2. The van der Waals surface area contributed by atoms with E-state index in [0.29, 0.717) is 22.4 Å². The van der Waals surface area contributed by atoms with Crippen LogP contribution in [-0.2, 0) is 4.79 Å². The molecule has 5 nitrogen and oxygen atoms in total. The quantitative estimate of drug-likeness (QED) is 0.912. The van der Waals surface area contributed by atoms with Crippen LogP contribution in [0.15, 0.2) is 48.5 Å². The van der Waals surface area contributed by atoms with Crippen molar-refractivity contribution < 1.29 is 19.5 Å². The van der Waals surface area contributed by atoms with Gasteiger partial charge in [-0.2, -0.15) is 0 Å². The third-order valence-electron chi connectivity index (χ3n) is 3.84. The van der Waals surface area contributed by atoms with Crippen molar-refractivity contribution in [3.63, 3.8) is 0 Å². The Morgan fingerprint density at radius 3 is 2.43 bits per heavy atom. The SMILES string of the molecule is O=C1CCC(=O)c2cc1ccc2NC(=O)C(O)c1ccccc1. The van der Waals surface area contributed by atoms with Gasteiger partial charge in [-0.25, -0.2) is 0 Å². The molecule has 2 aromatic carbocycles. The largest absolute Gasteiger partial charge is 0.378 e. The van der Waals surface area contributed by atoms with Gasteiger partial charge in [-0.3, -0.25) is 14.4 Å². The van der Waals surface area contributed by atoms with Gasteiger partial charge in [0.2, 0.25) is 0 Å². The van der Waals surface area contributed by atoms with E-state index in [1.165, 1.54) is 12.1 Å². The van der Waals surface area contributed by atoms with Crippen molar-refractivity contribution >= 4 is 23.2 Å². The molecule has 1 aliphatic carbocycles. The predicted molar refractivity (Wildman–Crippen MR) is 84.4 cm³/mol. The van der Waals surface area contributed by atoms with E-state index in [-0.39, 0.29) is 24.4 Å². The zero-order chi connectivity index (χ0) is 16.4. The molecule has 0 fully saturated rings. The van der Waals surface area contributed by atoms with Crippen LogP contribution in [0, 0.1) is 0 Å². The van der Waals surface area contributed by atoms with Crippen molar-refractivity contribution in [1.29, 1.82) is 0 Å². The third-order valence-corrected chi connectivity index (χ3v) is 3.84. The second-order valence-corrected chi connectivity index (χ2v) is 5.41. The minimum absolute atomic E-state index is 0.0840. The first-order chi connectivity index (χ1) is 11.1. The van der Waals surface area contributed by atoms with Crippen LogP contribution < -0.4 is 5.32 Å². The highest BCUT2D eigenvalue weighted by molar-refractivity contribution is 6.11. The summed E-state index contributed by atoms with van der Waals surface area (Å²) in [6, 6.07) is 13.1. The lowest BCUT2D eigenvalue weighted by Gasteiger charge is -2.14. The summed E-state index contributed by atoms with van der Waals surface area (Å²) in [5.41, 5.74) is 1.55. The van der Waals surface area contributed by atoms with Crippen molar-refractivity contribution in [3.05, 3.63) is 65.2 Å². The first kappa shape index (κ1) is 15.1. The highest BCUT2D eigenvalue weighted by atomic mass is 16.3. The third kappa shape index (κ3) is 3.05. The van der Waals surface area contributed by atoms with Gasteiger partial charge in [-0.1, -0.05) is 30.3 Å². The Hall–Kier alpha value is -2.79. The van der Waals surface area contributed by atoms with Gasteiger partial charge >= 0.3 is 0 Å². The minimum Gasteiger partial charge on any atom is -0.378 e. The molecule has 0 radical (unpaired) electrons. The summed E-state index contributed by atoms with van der Waals surface area (Å²) in [5, 5.41) is 12.7. The maximum atomic E-state index is 12.2. The maximum Gasteiger partial charge on any atom is 0.257 e. The Bertz CT molecular complexity index is 783. The van der Waals surface area contributed by atoms with E-state index >= 15 is 0 Å². The van der Waals surface area contributed by atoms with Crippen molar-refractivity contribution in [2.75, 3.05) is 5.32 Å². The second kappa shape index (κ2) is 6.14. The molecule has 1 amide bonds. The van der Waals surface area contributed by atoms with Gasteiger partial charge in [0, 0.05) is 24.0 Å². The molecule has 2 N–H and O–H groups in total. The number of hydrogen-bond donors (Lipinski definition) is 2. The molecular weight excluding hydrogens is 294 g/mol. The Morgan fingerprint density at radius 1 is 1.00 bits per heavy atom. The summed E-state index contributed by atoms with van der Waals surface area (Å²) < 4.78 is 0. The lowest BCUT2D eigenvalue weighted by atomic mass is 10.0. The van der Waals surface area contributed by atoms with E-state index in [9.17, 15) is 19.5 Å². The fraction of sp³-hybridized carbons (Fsp3) is 0.167. The fourth-order valence-electron chi connectivity index (χ4n) is 2.55. The summed E-state index contributed by atoms with van der Waals surface area (Å²) in [6.07, 6.45) is -1.03. The molecule has 0 heterocycles. The Labute approximate surface area is 133 Å². The molecule has 0 saturated heterocycles. The number of carbonyl (C=O) groups is 3. The monoisotopic (exact) mass is 309 g/mol. The first-order valence-electron chi connectivity index (χ1n) is 7.30. The molecule has 1 unspecified atom stereocenters. The molecule has 5 heteroatoms. The summed E-state index contributed by atoms with van der Waals surface area (Å²) in [4.78, 5) is 36.1. The average Bonchev–Trinajstić information content (AvgIpc) is 2.69. The van der Waals surface area contributed by atoms with Crippen LogP contribution in [0.5, 0.6) is 0 Å². The lowest BCUT2D eigenvalue weighted by molar-refractivity contribution is -0.124. The van der Waals surface area contributed by atoms with Crippen LogP contribution in [0.4, 0.5) is 5.69 Å². The molecule has 2 aromatic rings. The van der Waals surface area contributed by atoms with E-state index in [0.717, 1.165) is 0 Å². The second-order valence-electron chi connectivity index (χ2n) is 5.41. The van der Waals surface area contributed by atoms with Gasteiger partial charge in [0.1, 0.15) is 0 Å². The Kier molecular flexibility index (Phi) is 4.04. The van der Waals surface area contributed by atoms with Crippen LogP contribution in [0.3, 0.4) is 0 Å². The number of benzene rings is 2. The zero-order valence-electron chi connectivity index (χ0n) is 12.3. The number of hydrogen-bond acceptors (Lipinski definition) is 4. The standard InChI is InChI=1S/C18H15NO4/c20-15-8-9-16(21)13-10-12(15)6-7-14(13)19-18(23)17(22)11-4-2-1-3-5-11/h1-7,10,17,22H,8-9H2,(H,19,23). The summed E-state index contributed by atoms with van der Waals surface area (Å²) in [7, 11) is 0. The molecule has 1 atom stereocenters. The van der Waals surface area contributed by atoms with Gasteiger partial charge in [-0.15, -0.1) is 0 Å². The first-order valence-corrected chi connectivity index (χ1v) is 7.30. The van der Waals surface area contributed by atoms with Crippen LogP contribution in [0.1, 0.15) is 45.2 Å². The van der Waals surface area contributed by atoms with Crippen LogP contribution in [-0.4, -0.2) is 22.6 Å². The summed E-state index contributed by atoms with van der Waals surface area (Å²) in [5.74, 6) is -0.898. The molecular formula is C18H15NO4. The van der Waals surface area contributed by atoms with Crippen molar-refractivity contribution in [2.24, 2.45) is 0 Å². The Morgan fingerprint density at radius 2 is 1.70 bits per heavy atom. The van der Waals surface area contributed by atoms with Gasteiger partial charge in [0.25, 0.3) is 5.91 Å². The number of Topliss-reactive ketones (excluding diaryl/α,β-unsaturated/α-hetero) is 2. The smallest absolute Gasteiger partial charge is 0.257 e. The van der Waals surface area contributed by atoms with E-state index in [1.807, 2.05) is 0 Å². The van der Waals surface area contributed by atoms with Crippen LogP contribution in [0.2, 0.25) is 0 Å². The molecule has 3 rings (SSSR count). The van der Waals surface area contributed by atoms with Gasteiger partial charge in [-0.05, 0) is 23.8 Å². The molecule has 2 bridgehead atoms. The molecule has 1 aliphatic rings. The van der Waals surface area contributed by atoms with Gasteiger partial charge in [0.15, 0.2) is 17.7 Å². The van der Waals surface area contributed by atoms with Crippen LogP contribution >= 0.6 is 0 Å². The number of amides is 1. The van der Waals surface area contributed by atoms with E-state index in [1.54, 1.807) is 36.4 Å². The lowest BCUT2D eigenvalue weighted by Crippen LogP contribution is -2.22. The van der Waals surface area contributed by atoms with Crippen molar-refractivity contribution in [2.45, 2.75) is 18.9 Å². The number of ketones is 2. The van der Waals surface area contributed by atoms with Gasteiger partial charge < -0.3 is 10.4 Å². The normalized spacial score (nSPS) is 15.0. The summed E-state index contributed by atoms with van der Waals surface area (Å²) >= 11 is 0. The van der Waals surface area contributed by atoms with E-state index < -0.39 is 12.0 Å². The molecule has 0 saturated carbocycles. The van der Waals surface area contributed by atoms with E-state index in [4.69, 9.17) is 0 Å². The number of nitrogens with one attached hydrogen (secondary N) is 1. The van der Waals surface area contributed by atoms with Crippen molar-refractivity contribution in [1.82, 2.24) is 0 Å². The number of carbonyl (C=O) groups excluding carboxylic acids is 3. The highest BCUT2D eigenvalue weighted by Crippen LogP contribution is 2.25. The van der Waals surface area contributed by atoms with Crippen LogP contribution in [0.25, 0.3) is 0 Å². The number of aliphatic hydroxyl groups is 1. The summed E-state index contributed by atoms with van der Waals surface area (Å²) in [6.45, 7) is 0. The predicted octanol–water partition coefficient (Wildman–Crippen LogP) is 2.52. The number of anilines is 1. The number of rotatable bonds is 3. The highest BCUT2D eigenvalue weighted by Gasteiger charge is 2.23. The molecule has 116 valence electrons. The number of aliphatic hydroxyl groups excluding tert-OH is 1. The molecule has 0 spiro atoms. The molecule has 23 heavy (non-hydrogen) atoms. The average molecular weight is 309 g/mol. The fourth-order valence-corrected chi connectivity index (χ4v) is 2.55. The molecule has 0 aromatic heterocycles. The molecule has 0 aliphatic heterocycles. The topological polar surface area (TPSA) is 83.5 Å². The van der Waals surface area contributed by atoms with Crippen molar-refractivity contribution in [3.8, 4) is 0 Å². The minimum atomic E-state index is -1.33.